The molecular weight excluding hydrogens is 823 g/mol. The molecule has 1 saturated carbocycles. The fraction of sp³-hybridized carbons (Fsp3) is 0.967. The van der Waals surface area contributed by atoms with Gasteiger partial charge in [0, 0.05) is 51.7 Å². The van der Waals surface area contributed by atoms with Crippen LogP contribution in [0.4, 0.5) is 0 Å². The zero-order chi connectivity index (χ0) is 48.5. The Kier molecular flexibility index (Phi) is 47.5. The number of rotatable bonds is 54. The molecule has 1 rings (SSSR count). The standard InChI is InChI=1S/C61H121N3O3/c1-5-9-13-17-21-25-33-43-53-63(54-44-34-26-22-18-14-10-6-2)60(66)47-39-31-29-37-41-51-62(59-50-49-58(59)57-65)52-42-38-30-32-40-48-61(67)64(55-45-35-27-23-19-15-11-7-3)56-46-36-28-24-20-16-12-8-4/h58-59,65H,5-57H2,1-4H3/t58-,59+/m0/s1. The van der Waals surface area contributed by atoms with Crippen molar-refractivity contribution in [2.75, 3.05) is 45.9 Å². The lowest BCUT2D eigenvalue weighted by molar-refractivity contribution is -0.132. The molecule has 1 N–H and O–H groups in total. The fourth-order valence-electron chi connectivity index (χ4n) is 10.7. The van der Waals surface area contributed by atoms with Gasteiger partial charge in [0.15, 0.2) is 0 Å². The lowest BCUT2D eigenvalue weighted by Gasteiger charge is -2.44. The molecule has 1 fully saturated rings. The molecule has 0 radical (unpaired) electrons. The predicted molar refractivity (Wildman–Crippen MR) is 294 cm³/mol. The lowest BCUT2D eigenvalue weighted by Crippen LogP contribution is -2.49. The molecule has 0 unspecified atom stereocenters. The van der Waals surface area contributed by atoms with E-state index in [0.717, 1.165) is 77.8 Å². The Morgan fingerprint density at radius 1 is 0.328 bits per heavy atom. The molecule has 2 atom stereocenters. The molecule has 398 valence electrons. The minimum Gasteiger partial charge on any atom is -0.396 e. The first-order valence-corrected chi connectivity index (χ1v) is 30.9. The maximum Gasteiger partial charge on any atom is 0.222 e. The summed E-state index contributed by atoms with van der Waals surface area (Å²) in [7, 11) is 0. The van der Waals surface area contributed by atoms with Crippen LogP contribution < -0.4 is 0 Å². The minimum absolute atomic E-state index is 0.327. The molecule has 0 aromatic carbocycles. The second-order valence-electron chi connectivity index (χ2n) is 21.8. The highest BCUT2D eigenvalue weighted by atomic mass is 16.3. The third kappa shape index (κ3) is 38.2. The van der Waals surface area contributed by atoms with E-state index in [2.05, 4.69) is 42.4 Å². The summed E-state index contributed by atoms with van der Waals surface area (Å²) in [5.74, 6) is 1.28. The lowest BCUT2D eigenvalue weighted by atomic mass is 9.79. The molecule has 1 aliphatic rings. The Balaban J connectivity index is 2.41. The summed E-state index contributed by atoms with van der Waals surface area (Å²) in [6, 6.07) is 0.557. The number of hydrogen-bond donors (Lipinski definition) is 1. The van der Waals surface area contributed by atoms with E-state index < -0.39 is 0 Å². The second-order valence-corrected chi connectivity index (χ2v) is 21.8. The van der Waals surface area contributed by atoms with E-state index in [1.165, 1.54) is 257 Å². The van der Waals surface area contributed by atoms with Crippen molar-refractivity contribution in [3.8, 4) is 0 Å². The number of unbranched alkanes of at least 4 members (excludes halogenated alkanes) is 36. The van der Waals surface area contributed by atoms with Gasteiger partial charge in [-0.2, -0.15) is 0 Å². The van der Waals surface area contributed by atoms with Gasteiger partial charge in [0.2, 0.25) is 11.8 Å². The van der Waals surface area contributed by atoms with E-state index in [1.807, 2.05) is 0 Å². The minimum atomic E-state index is 0.327. The van der Waals surface area contributed by atoms with Gasteiger partial charge in [0.25, 0.3) is 0 Å². The maximum atomic E-state index is 13.5. The molecule has 67 heavy (non-hydrogen) atoms. The molecule has 2 amide bonds. The van der Waals surface area contributed by atoms with Crippen molar-refractivity contribution in [3.05, 3.63) is 0 Å². The van der Waals surface area contributed by atoms with Crippen molar-refractivity contribution in [2.45, 2.75) is 329 Å². The average Bonchev–Trinajstić information content (AvgIpc) is 3.32. The molecule has 0 bridgehead atoms. The van der Waals surface area contributed by atoms with Crippen LogP contribution in [0.5, 0.6) is 0 Å². The number of aliphatic hydroxyl groups excluding tert-OH is 1. The number of hydrogen-bond acceptors (Lipinski definition) is 4. The normalized spacial score (nSPS) is 14.8. The summed E-state index contributed by atoms with van der Waals surface area (Å²) >= 11 is 0. The van der Waals surface area contributed by atoms with Crippen molar-refractivity contribution in [2.24, 2.45) is 5.92 Å². The van der Waals surface area contributed by atoms with Crippen molar-refractivity contribution in [1.82, 2.24) is 14.7 Å². The quantitative estimate of drug-likeness (QED) is 0.0617. The first-order chi connectivity index (χ1) is 33.0. The summed E-state index contributed by atoms with van der Waals surface area (Å²) in [5, 5.41) is 10.1. The fourth-order valence-corrected chi connectivity index (χ4v) is 10.7. The summed E-state index contributed by atoms with van der Waals surface area (Å²) < 4.78 is 0. The van der Waals surface area contributed by atoms with E-state index >= 15 is 0 Å². The molecule has 0 saturated heterocycles. The number of carbonyl (C=O) groups is 2. The molecule has 6 nitrogen and oxygen atoms in total. The van der Waals surface area contributed by atoms with Gasteiger partial charge in [0.05, 0.1) is 0 Å². The van der Waals surface area contributed by atoms with Gasteiger partial charge in [-0.3, -0.25) is 9.59 Å². The van der Waals surface area contributed by atoms with Crippen LogP contribution in [-0.4, -0.2) is 83.5 Å². The van der Waals surface area contributed by atoms with Crippen LogP contribution in [0, 0.1) is 5.92 Å². The summed E-state index contributed by atoms with van der Waals surface area (Å²) in [5.41, 5.74) is 0. The Bertz CT molecular complexity index is 927. The predicted octanol–water partition coefficient (Wildman–Crippen LogP) is 18.0. The third-order valence-corrected chi connectivity index (χ3v) is 15.6. The number of amides is 2. The average molecular weight is 945 g/mol. The van der Waals surface area contributed by atoms with E-state index in [0.29, 0.717) is 30.4 Å². The van der Waals surface area contributed by atoms with Gasteiger partial charge in [-0.1, -0.05) is 246 Å². The smallest absolute Gasteiger partial charge is 0.222 e. The van der Waals surface area contributed by atoms with Gasteiger partial charge in [-0.05, 0) is 83.2 Å². The van der Waals surface area contributed by atoms with Crippen molar-refractivity contribution >= 4 is 11.8 Å². The van der Waals surface area contributed by atoms with Crippen LogP contribution in [0.1, 0.15) is 323 Å². The number of carbonyl (C=O) groups excluding carboxylic acids is 2. The number of aliphatic hydroxyl groups is 1. The number of nitrogens with zero attached hydrogens (tertiary/aromatic N) is 3. The Morgan fingerprint density at radius 2 is 0.567 bits per heavy atom. The Labute approximate surface area is 420 Å². The molecular formula is C61H121N3O3. The molecule has 0 heterocycles. The topological polar surface area (TPSA) is 64.1 Å². The van der Waals surface area contributed by atoms with Gasteiger partial charge in [0.1, 0.15) is 0 Å². The summed E-state index contributed by atoms with van der Waals surface area (Å²) in [6.07, 6.45) is 57.9. The molecule has 1 aliphatic carbocycles. The van der Waals surface area contributed by atoms with E-state index in [4.69, 9.17) is 0 Å². The van der Waals surface area contributed by atoms with Crippen molar-refractivity contribution in [1.29, 1.82) is 0 Å². The zero-order valence-corrected chi connectivity index (χ0v) is 46.2. The monoisotopic (exact) mass is 944 g/mol. The summed E-state index contributed by atoms with van der Waals surface area (Å²) in [4.78, 5) is 34.1. The van der Waals surface area contributed by atoms with Crippen LogP contribution in [0.3, 0.4) is 0 Å². The zero-order valence-electron chi connectivity index (χ0n) is 46.2. The highest BCUT2D eigenvalue weighted by molar-refractivity contribution is 5.76. The Morgan fingerprint density at radius 3 is 0.806 bits per heavy atom. The van der Waals surface area contributed by atoms with Gasteiger partial charge >= 0.3 is 0 Å². The molecule has 0 aromatic rings. The van der Waals surface area contributed by atoms with Gasteiger partial charge in [-0.25, -0.2) is 0 Å². The molecule has 0 aliphatic heterocycles. The first-order valence-electron chi connectivity index (χ1n) is 30.9. The Hall–Kier alpha value is -1.14. The van der Waals surface area contributed by atoms with Crippen LogP contribution in [0.15, 0.2) is 0 Å². The third-order valence-electron chi connectivity index (χ3n) is 15.6. The molecule has 0 spiro atoms. The van der Waals surface area contributed by atoms with Crippen molar-refractivity contribution < 1.29 is 14.7 Å². The largest absolute Gasteiger partial charge is 0.396 e. The van der Waals surface area contributed by atoms with Crippen molar-refractivity contribution in [3.63, 3.8) is 0 Å². The van der Waals surface area contributed by atoms with Crippen LogP contribution in [0.2, 0.25) is 0 Å². The summed E-state index contributed by atoms with van der Waals surface area (Å²) in [6.45, 7) is 15.6. The van der Waals surface area contributed by atoms with Gasteiger partial charge in [-0.15, -0.1) is 0 Å². The maximum absolute atomic E-state index is 13.5. The molecule has 0 aromatic heterocycles. The first kappa shape index (κ1) is 63.9. The van der Waals surface area contributed by atoms with E-state index in [-0.39, 0.29) is 0 Å². The second kappa shape index (κ2) is 49.8. The highest BCUT2D eigenvalue weighted by Gasteiger charge is 2.34. The van der Waals surface area contributed by atoms with Crippen LogP contribution in [-0.2, 0) is 9.59 Å². The molecule has 6 heteroatoms. The van der Waals surface area contributed by atoms with Gasteiger partial charge < -0.3 is 19.8 Å². The van der Waals surface area contributed by atoms with E-state index in [9.17, 15) is 14.7 Å². The highest BCUT2D eigenvalue weighted by Crippen LogP contribution is 2.32. The van der Waals surface area contributed by atoms with Crippen LogP contribution >= 0.6 is 0 Å². The van der Waals surface area contributed by atoms with Crippen LogP contribution in [0.25, 0.3) is 0 Å². The van der Waals surface area contributed by atoms with E-state index in [1.54, 1.807) is 0 Å². The SMILES string of the molecule is CCCCCCCCCCN(CCCCCCCCCC)C(=O)CCCCCCCN(CCCCCCCC(=O)N(CCCCCCCCCC)CCCCCCCCCC)[C@@H]1CC[C@H]1CO.